The largest absolute Gasteiger partial charge is 0.317 e. The van der Waals surface area contributed by atoms with Crippen molar-refractivity contribution < 1.29 is 0 Å². The van der Waals surface area contributed by atoms with Crippen molar-refractivity contribution in [3.05, 3.63) is 35.2 Å². The molecule has 1 aliphatic rings. The summed E-state index contributed by atoms with van der Waals surface area (Å²) in [6.07, 6.45) is 5.33. The molecule has 0 amide bonds. The van der Waals surface area contributed by atoms with Crippen molar-refractivity contribution >= 4 is 21.4 Å². The predicted molar refractivity (Wildman–Crippen MR) is 75.9 cm³/mol. The van der Waals surface area contributed by atoms with Crippen LogP contribution in [0.1, 0.15) is 37.2 Å². The summed E-state index contributed by atoms with van der Waals surface area (Å²) in [4.78, 5) is 0. The zero-order chi connectivity index (χ0) is 11.7. The third kappa shape index (κ3) is 2.12. The third-order valence-electron chi connectivity index (χ3n) is 4.09. The quantitative estimate of drug-likeness (QED) is 0.838. The maximum atomic E-state index is 3.41. The molecule has 2 heteroatoms. The first kappa shape index (κ1) is 11.2. The average molecular weight is 245 g/mol. The van der Waals surface area contributed by atoms with Crippen LogP contribution >= 0.6 is 11.3 Å². The topological polar surface area (TPSA) is 12.0 Å². The summed E-state index contributed by atoms with van der Waals surface area (Å²) in [5.74, 6) is 0.788. The van der Waals surface area contributed by atoms with Crippen molar-refractivity contribution in [3.8, 4) is 0 Å². The molecular weight excluding hydrogens is 226 g/mol. The summed E-state index contributed by atoms with van der Waals surface area (Å²) in [5.41, 5.74) is 1.60. The molecule has 3 rings (SSSR count). The molecule has 0 aliphatic heterocycles. The van der Waals surface area contributed by atoms with Crippen molar-refractivity contribution in [3.63, 3.8) is 0 Å². The Morgan fingerprint density at radius 3 is 2.65 bits per heavy atom. The van der Waals surface area contributed by atoms with Gasteiger partial charge in [-0.3, -0.25) is 0 Å². The van der Waals surface area contributed by atoms with Gasteiger partial charge in [-0.25, -0.2) is 0 Å². The molecule has 1 saturated carbocycles. The molecule has 1 aromatic carbocycles. The van der Waals surface area contributed by atoms with Gasteiger partial charge in [0, 0.05) is 10.7 Å². The number of nitrogens with one attached hydrogen (secondary N) is 1. The lowest BCUT2D eigenvalue weighted by Gasteiger charge is -2.28. The molecule has 0 spiro atoms. The van der Waals surface area contributed by atoms with Crippen LogP contribution in [0.2, 0.25) is 0 Å². The van der Waals surface area contributed by atoms with Gasteiger partial charge in [-0.1, -0.05) is 18.2 Å². The second kappa shape index (κ2) is 4.79. The van der Waals surface area contributed by atoms with E-state index < -0.39 is 0 Å². The van der Waals surface area contributed by atoms with Gasteiger partial charge in [0.1, 0.15) is 0 Å². The van der Waals surface area contributed by atoms with Crippen LogP contribution in [-0.4, -0.2) is 13.1 Å². The molecule has 17 heavy (non-hydrogen) atoms. The highest BCUT2D eigenvalue weighted by Gasteiger charge is 2.23. The van der Waals surface area contributed by atoms with Crippen molar-refractivity contribution in [2.75, 3.05) is 7.05 Å². The van der Waals surface area contributed by atoms with Gasteiger partial charge in [0.25, 0.3) is 0 Å². The maximum Gasteiger partial charge on any atom is 0.0345 e. The van der Waals surface area contributed by atoms with Gasteiger partial charge in [0.2, 0.25) is 0 Å². The highest BCUT2D eigenvalue weighted by atomic mass is 32.1. The fraction of sp³-hybridized carbons (Fsp3) is 0.467. The molecule has 0 saturated heterocycles. The molecule has 1 aromatic heterocycles. The van der Waals surface area contributed by atoms with E-state index in [-0.39, 0.29) is 0 Å². The van der Waals surface area contributed by atoms with Crippen LogP contribution in [0.3, 0.4) is 0 Å². The van der Waals surface area contributed by atoms with E-state index in [0.29, 0.717) is 0 Å². The molecule has 0 unspecified atom stereocenters. The molecule has 2 aromatic rings. The number of thiophene rings is 1. The fourth-order valence-corrected chi connectivity index (χ4v) is 4.05. The molecule has 90 valence electrons. The molecule has 1 nitrogen and oxygen atoms in total. The first-order valence-corrected chi connectivity index (χ1v) is 7.40. The van der Waals surface area contributed by atoms with E-state index in [4.69, 9.17) is 0 Å². The number of benzene rings is 1. The Kier molecular flexibility index (Phi) is 3.17. The molecule has 1 heterocycles. The summed E-state index contributed by atoms with van der Waals surface area (Å²) in [6.45, 7) is 0. The van der Waals surface area contributed by atoms with Crippen molar-refractivity contribution in [2.24, 2.45) is 0 Å². The van der Waals surface area contributed by atoms with Crippen LogP contribution in [-0.2, 0) is 0 Å². The Balaban J connectivity index is 1.85. The average Bonchev–Trinajstić information content (AvgIpc) is 2.83. The minimum atomic E-state index is 0.746. The summed E-state index contributed by atoms with van der Waals surface area (Å²) in [6, 6.07) is 9.57. The normalized spacial score (nSPS) is 25.2. The minimum Gasteiger partial charge on any atom is -0.317 e. The molecule has 1 aliphatic carbocycles. The lowest BCUT2D eigenvalue weighted by atomic mass is 9.82. The Labute approximate surface area is 107 Å². The number of rotatable bonds is 2. The highest BCUT2D eigenvalue weighted by Crippen LogP contribution is 2.39. The molecule has 1 fully saturated rings. The Hall–Kier alpha value is -0.860. The zero-order valence-corrected chi connectivity index (χ0v) is 11.1. The van der Waals surface area contributed by atoms with E-state index in [1.165, 1.54) is 35.8 Å². The van der Waals surface area contributed by atoms with Gasteiger partial charge >= 0.3 is 0 Å². The van der Waals surface area contributed by atoms with E-state index >= 15 is 0 Å². The third-order valence-corrected chi connectivity index (χ3v) is 5.07. The van der Waals surface area contributed by atoms with Crippen molar-refractivity contribution in [1.82, 2.24) is 5.32 Å². The summed E-state index contributed by atoms with van der Waals surface area (Å²) in [7, 11) is 2.09. The van der Waals surface area contributed by atoms with Crippen molar-refractivity contribution in [2.45, 2.75) is 37.6 Å². The highest BCUT2D eigenvalue weighted by molar-refractivity contribution is 7.17. The first-order chi connectivity index (χ1) is 8.38. The minimum absolute atomic E-state index is 0.746. The number of hydrogen-bond acceptors (Lipinski definition) is 2. The molecule has 1 N–H and O–H groups in total. The Morgan fingerprint density at radius 2 is 1.88 bits per heavy atom. The van der Waals surface area contributed by atoms with Gasteiger partial charge in [-0.15, -0.1) is 11.3 Å². The Morgan fingerprint density at radius 1 is 1.12 bits per heavy atom. The predicted octanol–water partition coefficient (Wildman–Crippen LogP) is 4.15. The number of fused-ring (bicyclic) bond motifs is 1. The van der Waals surface area contributed by atoms with E-state index in [1.807, 2.05) is 11.3 Å². The zero-order valence-electron chi connectivity index (χ0n) is 10.3. The van der Waals surface area contributed by atoms with Gasteiger partial charge in [-0.05, 0) is 61.0 Å². The van der Waals surface area contributed by atoms with Gasteiger partial charge in [0.15, 0.2) is 0 Å². The summed E-state index contributed by atoms with van der Waals surface area (Å²) < 4.78 is 1.44. The van der Waals surface area contributed by atoms with Gasteiger partial charge in [-0.2, -0.15) is 0 Å². The number of hydrogen-bond donors (Lipinski definition) is 1. The van der Waals surface area contributed by atoms with E-state index in [2.05, 4.69) is 42.0 Å². The van der Waals surface area contributed by atoms with Crippen LogP contribution in [0.15, 0.2) is 29.6 Å². The summed E-state index contributed by atoms with van der Waals surface area (Å²) in [5, 5.41) is 7.28. The van der Waals surface area contributed by atoms with E-state index in [9.17, 15) is 0 Å². The molecule has 0 atom stereocenters. The lowest BCUT2D eigenvalue weighted by molar-refractivity contribution is 0.360. The maximum absolute atomic E-state index is 3.41. The Bertz CT molecular complexity index is 494. The monoisotopic (exact) mass is 245 g/mol. The van der Waals surface area contributed by atoms with Crippen LogP contribution < -0.4 is 5.32 Å². The van der Waals surface area contributed by atoms with Crippen LogP contribution in [0.5, 0.6) is 0 Å². The SMILES string of the molecule is CNC1CCC(c2csc3ccccc23)CC1. The van der Waals surface area contributed by atoms with Crippen LogP contribution in [0.4, 0.5) is 0 Å². The van der Waals surface area contributed by atoms with Crippen LogP contribution in [0, 0.1) is 0 Å². The molecular formula is C15H19NS. The molecule has 0 bridgehead atoms. The first-order valence-electron chi connectivity index (χ1n) is 6.52. The van der Waals surface area contributed by atoms with Crippen LogP contribution in [0.25, 0.3) is 10.1 Å². The van der Waals surface area contributed by atoms with Gasteiger partial charge < -0.3 is 5.32 Å². The van der Waals surface area contributed by atoms with E-state index in [0.717, 1.165) is 12.0 Å². The molecule has 0 radical (unpaired) electrons. The van der Waals surface area contributed by atoms with E-state index in [1.54, 1.807) is 5.56 Å². The fourth-order valence-electron chi connectivity index (χ4n) is 3.01. The van der Waals surface area contributed by atoms with Gasteiger partial charge in [0.05, 0.1) is 0 Å². The van der Waals surface area contributed by atoms with Crippen molar-refractivity contribution in [1.29, 1.82) is 0 Å². The summed E-state index contributed by atoms with van der Waals surface area (Å²) >= 11 is 1.90. The second-order valence-electron chi connectivity index (χ2n) is 5.02. The smallest absolute Gasteiger partial charge is 0.0345 e. The second-order valence-corrected chi connectivity index (χ2v) is 5.94. The lowest BCUT2D eigenvalue weighted by Crippen LogP contribution is -2.29. The standard InChI is InChI=1S/C15H19NS/c1-16-12-8-6-11(7-9-12)14-10-17-15-5-3-2-4-13(14)15/h2-5,10-12,16H,6-9H2,1H3.